The van der Waals surface area contributed by atoms with Crippen LogP contribution in [0.1, 0.15) is 11.7 Å². The first-order valence-corrected chi connectivity index (χ1v) is 5.05. The number of aromatic nitrogens is 2. The van der Waals surface area contributed by atoms with Crippen molar-refractivity contribution in [3.05, 3.63) is 53.6 Å². The molecule has 0 saturated heterocycles. The lowest BCUT2D eigenvalue weighted by Crippen LogP contribution is -2.07. The van der Waals surface area contributed by atoms with Crippen LogP contribution in [-0.4, -0.2) is 14.7 Å². The van der Waals surface area contributed by atoms with E-state index in [1.54, 1.807) is 17.0 Å². The van der Waals surface area contributed by atoms with Gasteiger partial charge in [-0.25, -0.2) is 4.98 Å². The van der Waals surface area contributed by atoms with E-state index in [4.69, 9.17) is 11.6 Å². The van der Waals surface area contributed by atoms with Crippen LogP contribution in [0, 0.1) is 0 Å². The molecule has 0 aliphatic heterocycles. The number of aliphatic hydroxyl groups is 1. The Hall–Kier alpha value is -1.32. The number of imidazole rings is 1. The molecule has 0 bridgehead atoms. The summed E-state index contributed by atoms with van der Waals surface area (Å²) in [6.45, 7) is 0.419. The highest BCUT2D eigenvalue weighted by atomic mass is 35.5. The molecule has 0 aliphatic carbocycles. The summed E-state index contributed by atoms with van der Waals surface area (Å²) in [7, 11) is 0. The number of nitrogens with zero attached hydrogens (tertiary/aromatic N) is 2. The van der Waals surface area contributed by atoms with Crippen LogP contribution < -0.4 is 0 Å². The van der Waals surface area contributed by atoms with Crippen molar-refractivity contribution in [1.29, 1.82) is 0 Å². The molecule has 15 heavy (non-hydrogen) atoms. The van der Waals surface area contributed by atoms with Gasteiger partial charge in [0.25, 0.3) is 0 Å². The van der Waals surface area contributed by atoms with Gasteiger partial charge in [0.1, 0.15) is 0 Å². The van der Waals surface area contributed by atoms with Crippen LogP contribution in [0.4, 0.5) is 0 Å². The van der Waals surface area contributed by atoms with Crippen molar-refractivity contribution in [2.75, 3.05) is 0 Å². The number of hydrogen-bond donors (Lipinski definition) is 1. The zero-order valence-corrected chi connectivity index (χ0v) is 8.80. The third kappa shape index (κ3) is 2.37. The van der Waals surface area contributed by atoms with E-state index in [1.165, 1.54) is 0 Å². The minimum atomic E-state index is -0.558. The van der Waals surface area contributed by atoms with Gasteiger partial charge >= 0.3 is 0 Å². The maximum Gasteiger partial charge on any atom is 0.202 e. The third-order valence-corrected chi connectivity index (χ3v) is 2.53. The second kappa shape index (κ2) is 4.47. The highest BCUT2D eigenvalue weighted by molar-refractivity contribution is 6.28. The SMILES string of the molecule is OC(Cn1ccnc1Cl)c1ccccc1. The number of aliphatic hydroxyl groups excluding tert-OH is 1. The van der Waals surface area contributed by atoms with E-state index in [-0.39, 0.29) is 0 Å². The molecule has 0 amide bonds. The largest absolute Gasteiger partial charge is 0.387 e. The summed E-state index contributed by atoms with van der Waals surface area (Å²) in [5, 5.41) is 10.3. The molecule has 3 nitrogen and oxygen atoms in total. The molecule has 1 N–H and O–H groups in total. The van der Waals surface area contributed by atoms with Crippen molar-refractivity contribution in [3.8, 4) is 0 Å². The van der Waals surface area contributed by atoms with E-state index in [0.717, 1.165) is 5.56 Å². The summed E-state index contributed by atoms with van der Waals surface area (Å²) in [6, 6.07) is 9.48. The van der Waals surface area contributed by atoms with Crippen molar-refractivity contribution in [2.24, 2.45) is 0 Å². The Balaban J connectivity index is 2.11. The minimum Gasteiger partial charge on any atom is -0.387 e. The number of hydrogen-bond acceptors (Lipinski definition) is 2. The molecule has 1 atom stereocenters. The van der Waals surface area contributed by atoms with Gasteiger partial charge in [-0.05, 0) is 17.2 Å². The first kappa shape index (κ1) is 10.2. The lowest BCUT2D eigenvalue weighted by Gasteiger charge is -2.11. The maximum absolute atomic E-state index is 9.91. The van der Waals surface area contributed by atoms with Crippen molar-refractivity contribution in [3.63, 3.8) is 0 Å². The first-order valence-electron chi connectivity index (χ1n) is 4.67. The van der Waals surface area contributed by atoms with Gasteiger partial charge in [0.15, 0.2) is 0 Å². The van der Waals surface area contributed by atoms with E-state index < -0.39 is 6.10 Å². The Morgan fingerprint density at radius 3 is 2.67 bits per heavy atom. The van der Waals surface area contributed by atoms with Crippen LogP contribution >= 0.6 is 11.6 Å². The maximum atomic E-state index is 9.91. The number of rotatable bonds is 3. The van der Waals surface area contributed by atoms with Gasteiger partial charge in [0, 0.05) is 12.4 Å². The summed E-state index contributed by atoms with van der Waals surface area (Å²) in [5.41, 5.74) is 0.877. The second-order valence-electron chi connectivity index (χ2n) is 3.28. The Bertz CT molecular complexity index is 427. The molecule has 2 rings (SSSR count). The van der Waals surface area contributed by atoms with E-state index in [1.807, 2.05) is 30.3 Å². The summed E-state index contributed by atoms with van der Waals surface area (Å²) in [4.78, 5) is 3.88. The van der Waals surface area contributed by atoms with Crippen LogP contribution in [0.25, 0.3) is 0 Å². The van der Waals surface area contributed by atoms with Crippen molar-refractivity contribution < 1.29 is 5.11 Å². The molecule has 1 aromatic carbocycles. The van der Waals surface area contributed by atoms with Gasteiger partial charge < -0.3 is 9.67 Å². The Morgan fingerprint density at radius 1 is 1.33 bits per heavy atom. The predicted octanol–water partition coefficient (Wildman–Crippen LogP) is 2.27. The number of halogens is 1. The summed E-state index contributed by atoms with van der Waals surface area (Å²) in [6.07, 6.45) is 2.80. The van der Waals surface area contributed by atoms with E-state index >= 15 is 0 Å². The molecule has 0 spiro atoms. The molecule has 0 aliphatic rings. The van der Waals surface area contributed by atoms with Crippen LogP contribution in [0.15, 0.2) is 42.7 Å². The number of benzene rings is 1. The van der Waals surface area contributed by atoms with E-state index in [9.17, 15) is 5.11 Å². The van der Waals surface area contributed by atoms with Gasteiger partial charge in [-0.1, -0.05) is 30.3 Å². The normalized spacial score (nSPS) is 12.7. The quantitative estimate of drug-likeness (QED) is 0.865. The van der Waals surface area contributed by atoms with E-state index in [0.29, 0.717) is 11.8 Å². The Labute approximate surface area is 93.0 Å². The molecule has 0 fully saturated rings. The molecule has 1 unspecified atom stereocenters. The van der Waals surface area contributed by atoms with Gasteiger partial charge in [-0.3, -0.25) is 0 Å². The fraction of sp³-hybridized carbons (Fsp3) is 0.182. The van der Waals surface area contributed by atoms with Gasteiger partial charge in [0.2, 0.25) is 5.28 Å². The fourth-order valence-electron chi connectivity index (χ4n) is 1.41. The van der Waals surface area contributed by atoms with Gasteiger partial charge in [0.05, 0.1) is 12.6 Å². The monoisotopic (exact) mass is 222 g/mol. The lowest BCUT2D eigenvalue weighted by molar-refractivity contribution is 0.156. The zero-order chi connectivity index (χ0) is 10.7. The van der Waals surface area contributed by atoms with Crippen LogP contribution in [0.3, 0.4) is 0 Å². The zero-order valence-electron chi connectivity index (χ0n) is 8.05. The summed E-state index contributed by atoms with van der Waals surface area (Å²) >= 11 is 5.81. The highest BCUT2D eigenvalue weighted by Gasteiger charge is 2.09. The highest BCUT2D eigenvalue weighted by Crippen LogP contribution is 2.16. The Kier molecular flexibility index (Phi) is 3.04. The van der Waals surface area contributed by atoms with Crippen LogP contribution in [-0.2, 0) is 6.54 Å². The topological polar surface area (TPSA) is 38.0 Å². The van der Waals surface area contributed by atoms with Crippen LogP contribution in [0.2, 0.25) is 5.28 Å². The average Bonchev–Trinajstić information content (AvgIpc) is 2.66. The molecule has 0 radical (unpaired) electrons. The molecular formula is C11H11ClN2O. The van der Waals surface area contributed by atoms with Crippen molar-refractivity contribution in [2.45, 2.75) is 12.6 Å². The molecule has 4 heteroatoms. The van der Waals surface area contributed by atoms with Crippen molar-refractivity contribution >= 4 is 11.6 Å². The van der Waals surface area contributed by atoms with Crippen molar-refractivity contribution in [1.82, 2.24) is 9.55 Å². The molecule has 2 aromatic rings. The summed E-state index contributed by atoms with van der Waals surface area (Å²) < 4.78 is 1.71. The van der Waals surface area contributed by atoms with Crippen LogP contribution in [0.5, 0.6) is 0 Å². The minimum absolute atomic E-state index is 0.394. The molecule has 78 valence electrons. The lowest BCUT2D eigenvalue weighted by atomic mass is 10.1. The summed E-state index contributed by atoms with van der Waals surface area (Å²) in [5.74, 6) is 0. The first-order chi connectivity index (χ1) is 7.27. The fourth-order valence-corrected chi connectivity index (χ4v) is 1.60. The second-order valence-corrected chi connectivity index (χ2v) is 3.61. The molecule has 0 saturated carbocycles. The molecule has 1 heterocycles. The Morgan fingerprint density at radius 2 is 2.07 bits per heavy atom. The third-order valence-electron chi connectivity index (χ3n) is 2.22. The van der Waals surface area contributed by atoms with Gasteiger partial charge in [-0.2, -0.15) is 0 Å². The molecule has 1 aromatic heterocycles. The van der Waals surface area contributed by atoms with Gasteiger partial charge in [-0.15, -0.1) is 0 Å². The standard InChI is InChI=1S/C11H11ClN2O/c12-11-13-6-7-14(11)8-10(15)9-4-2-1-3-5-9/h1-7,10,15H,8H2. The van der Waals surface area contributed by atoms with E-state index in [2.05, 4.69) is 4.98 Å². The average molecular weight is 223 g/mol. The smallest absolute Gasteiger partial charge is 0.202 e. The molecular weight excluding hydrogens is 212 g/mol. The predicted molar refractivity (Wildman–Crippen MR) is 58.6 cm³/mol.